The van der Waals surface area contributed by atoms with Gasteiger partial charge in [0, 0.05) is 47.1 Å². The lowest BCUT2D eigenvalue weighted by molar-refractivity contribution is 0.466. The van der Waals surface area contributed by atoms with Gasteiger partial charge >= 0.3 is 0 Å². The van der Waals surface area contributed by atoms with Gasteiger partial charge in [-0.25, -0.2) is 0 Å². The zero-order valence-electron chi connectivity index (χ0n) is 22.0. The molecule has 0 bridgehead atoms. The van der Waals surface area contributed by atoms with Crippen LogP contribution in [0.25, 0.3) is 0 Å². The fourth-order valence-electron chi connectivity index (χ4n) is 4.63. The van der Waals surface area contributed by atoms with E-state index in [1.807, 2.05) is 12.1 Å². The van der Waals surface area contributed by atoms with Crippen molar-refractivity contribution < 1.29 is 10.2 Å². The molecule has 3 aromatic rings. The summed E-state index contributed by atoms with van der Waals surface area (Å²) >= 11 is 3.52. The van der Waals surface area contributed by atoms with Crippen molar-refractivity contribution in [1.82, 2.24) is 0 Å². The van der Waals surface area contributed by atoms with E-state index in [2.05, 4.69) is 75.1 Å². The van der Waals surface area contributed by atoms with E-state index >= 15 is 0 Å². The molecule has 188 valence electrons. The molecule has 3 aromatic carbocycles. The molecule has 0 atom stereocenters. The van der Waals surface area contributed by atoms with Gasteiger partial charge in [-0.15, -0.1) is 23.5 Å². The molecule has 2 N–H and O–H groups in total. The molecule has 0 saturated heterocycles. The largest absolute Gasteiger partial charge is 0.508 e. The lowest BCUT2D eigenvalue weighted by Crippen LogP contribution is -2.27. The van der Waals surface area contributed by atoms with Gasteiger partial charge in [-0.05, 0) is 70.9 Å². The molecule has 35 heavy (non-hydrogen) atoms. The van der Waals surface area contributed by atoms with Gasteiger partial charge < -0.3 is 20.0 Å². The maximum atomic E-state index is 10.5. The highest BCUT2D eigenvalue weighted by molar-refractivity contribution is 7.99. The Morgan fingerprint density at radius 2 is 1.06 bits per heavy atom. The minimum absolute atomic E-state index is 0.337. The molecule has 0 radical (unpaired) electrons. The van der Waals surface area contributed by atoms with Gasteiger partial charge in [0.05, 0.1) is 11.4 Å². The molecule has 6 heteroatoms. The summed E-state index contributed by atoms with van der Waals surface area (Å²) in [6.07, 6.45) is 4.25. The topological polar surface area (TPSA) is 46.9 Å². The van der Waals surface area contributed by atoms with Gasteiger partial charge in [-0.3, -0.25) is 0 Å². The predicted molar refractivity (Wildman–Crippen MR) is 154 cm³/mol. The zero-order chi connectivity index (χ0) is 25.7. The number of aromatic hydroxyl groups is 2. The van der Waals surface area contributed by atoms with Crippen molar-refractivity contribution in [3.8, 4) is 11.5 Å². The summed E-state index contributed by atoms with van der Waals surface area (Å²) in [5, 5.41) is 21.1. The Bertz CT molecular complexity index is 1090. The summed E-state index contributed by atoms with van der Waals surface area (Å²) in [4.78, 5) is 7.20. The zero-order valence-corrected chi connectivity index (χ0v) is 23.6. The Kier molecular flexibility index (Phi) is 9.31. The average molecular weight is 511 g/mol. The number of benzene rings is 3. The molecule has 0 fully saturated rings. The van der Waals surface area contributed by atoms with Crippen LogP contribution >= 0.6 is 23.5 Å². The molecule has 3 rings (SSSR count). The van der Waals surface area contributed by atoms with Crippen LogP contribution in [0.15, 0.2) is 52.3 Å². The van der Waals surface area contributed by atoms with Gasteiger partial charge in [-0.2, -0.15) is 0 Å². The first kappa shape index (κ1) is 27.2. The number of hydrogen-bond donors (Lipinski definition) is 2. The Balaban J connectivity index is 2.13. The van der Waals surface area contributed by atoms with Crippen LogP contribution in [-0.2, 0) is 13.1 Å². The second-order valence-corrected chi connectivity index (χ2v) is 10.6. The van der Waals surface area contributed by atoms with Crippen LogP contribution in [0.1, 0.15) is 41.7 Å². The molecule has 4 nitrogen and oxygen atoms in total. The van der Waals surface area contributed by atoms with Gasteiger partial charge in [0.2, 0.25) is 0 Å². The molecule has 0 aliphatic heterocycles. The normalized spacial score (nSPS) is 11.1. The van der Waals surface area contributed by atoms with Crippen molar-refractivity contribution in [3.63, 3.8) is 0 Å². The smallest absolute Gasteiger partial charge is 0.120 e. The Labute approximate surface area is 219 Å². The summed E-state index contributed by atoms with van der Waals surface area (Å²) < 4.78 is 0. The molecular weight excluding hydrogens is 472 g/mol. The number of phenols is 2. The fourth-order valence-corrected chi connectivity index (χ4v) is 6.12. The number of thioether (sulfide) groups is 2. The maximum absolute atomic E-state index is 10.5. The van der Waals surface area contributed by atoms with Crippen LogP contribution in [0.3, 0.4) is 0 Å². The molecule has 0 amide bonds. The molecule has 0 heterocycles. The number of nitrogens with zero attached hydrogens (tertiary/aromatic N) is 2. The van der Waals surface area contributed by atoms with E-state index in [0.29, 0.717) is 24.6 Å². The van der Waals surface area contributed by atoms with E-state index in [-0.39, 0.29) is 0 Å². The van der Waals surface area contributed by atoms with E-state index < -0.39 is 0 Å². The molecule has 0 unspecified atom stereocenters. The van der Waals surface area contributed by atoms with Crippen LogP contribution in [0, 0.1) is 20.8 Å². The summed E-state index contributed by atoms with van der Waals surface area (Å²) in [5.74, 6) is 0.673. The monoisotopic (exact) mass is 510 g/mol. The van der Waals surface area contributed by atoms with Crippen molar-refractivity contribution in [1.29, 1.82) is 0 Å². The minimum Gasteiger partial charge on any atom is -0.508 e. The van der Waals surface area contributed by atoms with E-state index in [0.717, 1.165) is 35.3 Å². The van der Waals surface area contributed by atoms with E-state index in [4.69, 9.17) is 0 Å². The molecular formula is C29H38N2O2S2. The molecule has 0 aliphatic rings. The quantitative estimate of drug-likeness (QED) is 0.275. The number of hydrogen-bond acceptors (Lipinski definition) is 6. The van der Waals surface area contributed by atoms with Crippen LogP contribution in [0.5, 0.6) is 11.5 Å². The van der Waals surface area contributed by atoms with Crippen molar-refractivity contribution in [2.45, 2.75) is 57.5 Å². The first-order valence-electron chi connectivity index (χ1n) is 12.1. The minimum atomic E-state index is 0.337. The number of phenolic OH excluding ortho intramolecular Hbond substituents is 2. The first-order chi connectivity index (χ1) is 16.7. The third kappa shape index (κ3) is 6.04. The third-order valence-electron chi connectivity index (χ3n) is 6.47. The van der Waals surface area contributed by atoms with Crippen LogP contribution < -0.4 is 9.80 Å². The second-order valence-electron chi connectivity index (χ2n) is 8.90. The lowest BCUT2D eigenvalue weighted by Gasteiger charge is -2.34. The average Bonchev–Trinajstić information content (AvgIpc) is 2.85. The number of anilines is 2. The molecule has 0 saturated carbocycles. The number of rotatable bonds is 10. The van der Waals surface area contributed by atoms with Crippen LogP contribution in [0.2, 0.25) is 0 Å². The SMILES string of the molecule is CCN(Cc1cc(C)ccc1O)c1c(SC)cc(SC)c(N(CC)Cc2cc(C)ccc2O)c1C. The summed E-state index contributed by atoms with van der Waals surface area (Å²) in [7, 11) is 0. The van der Waals surface area contributed by atoms with Crippen molar-refractivity contribution >= 4 is 34.9 Å². The summed E-state index contributed by atoms with van der Waals surface area (Å²) in [6.45, 7) is 13.6. The van der Waals surface area contributed by atoms with E-state index in [1.165, 1.54) is 26.7 Å². The van der Waals surface area contributed by atoms with Gasteiger partial charge in [0.15, 0.2) is 0 Å². The Morgan fingerprint density at radius 3 is 1.40 bits per heavy atom. The first-order valence-corrected chi connectivity index (χ1v) is 14.5. The highest BCUT2D eigenvalue weighted by atomic mass is 32.2. The second kappa shape index (κ2) is 12.0. The predicted octanol–water partition coefficient (Wildman–Crippen LogP) is 7.52. The Morgan fingerprint density at radius 1 is 0.657 bits per heavy atom. The Hall–Kier alpha value is -2.44. The lowest BCUT2D eigenvalue weighted by atomic mass is 10.1. The van der Waals surface area contributed by atoms with Gasteiger partial charge in [0.1, 0.15) is 11.5 Å². The van der Waals surface area contributed by atoms with Crippen molar-refractivity contribution in [2.75, 3.05) is 35.4 Å². The van der Waals surface area contributed by atoms with Crippen LogP contribution in [-0.4, -0.2) is 35.8 Å². The van der Waals surface area contributed by atoms with Crippen molar-refractivity contribution in [3.05, 3.63) is 70.3 Å². The number of aryl methyl sites for hydroxylation is 2. The van der Waals surface area contributed by atoms with E-state index in [9.17, 15) is 10.2 Å². The molecule has 0 spiro atoms. The highest BCUT2D eigenvalue weighted by Gasteiger charge is 2.23. The molecule has 0 aromatic heterocycles. The van der Waals surface area contributed by atoms with E-state index in [1.54, 1.807) is 35.7 Å². The van der Waals surface area contributed by atoms with Crippen molar-refractivity contribution in [2.24, 2.45) is 0 Å². The maximum Gasteiger partial charge on any atom is 0.120 e. The standard InChI is InChI=1S/C29H38N2O2S2/c1-8-30(17-22-14-19(3)10-12-24(22)32)28-21(5)29(27(35-7)16-26(28)34-6)31(9-2)18-23-15-20(4)11-13-25(23)33/h10-16,32-33H,8-9,17-18H2,1-7H3. The third-order valence-corrected chi connectivity index (χ3v) is 7.97. The van der Waals surface area contributed by atoms with Gasteiger partial charge in [0.25, 0.3) is 0 Å². The van der Waals surface area contributed by atoms with Gasteiger partial charge in [-0.1, -0.05) is 35.4 Å². The summed E-state index contributed by atoms with van der Waals surface area (Å²) in [5.41, 5.74) is 7.80. The highest BCUT2D eigenvalue weighted by Crippen LogP contribution is 2.45. The fraction of sp³-hybridized carbons (Fsp3) is 0.379. The molecule has 0 aliphatic carbocycles. The van der Waals surface area contributed by atoms with Crippen LogP contribution in [0.4, 0.5) is 11.4 Å². The summed E-state index contributed by atoms with van der Waals surface area (Å²) in [6, 6.07) is 13.9.